The molecule has 0 bridgehead atoms. The van der Waals surface area contributed by atoms with Crippen molar-refractivity contribution in [2.24, 2.45) is 0 Å². The van der Waals surface area contributed by atoms with Gasteiger partial charge in [0.15, 0.2) is 0 Å². The van der Waals surface area contributed by atoms with Crippen molar-refractivity contribution in [2.45, 2.75) is 19.3 Å². The van der Waals surface area contributed by atoms with Gasteiger partial charge in [0.1, 0.15) is 11.2 Å². The van der Waals surface area contributed by atoms with Gasteiger partial charge >= 0.3 is 0 Å². The molecule has 1 heterocycles. The molecule has 0 atom stereocenters. The quantitative estimate of drug-likeness (QED) is 0.181. The van der Waals surface area contributed by atoms with E-state index in [1.54, 1.807) is 0 Å². The second-order valence-electron chi connectivity index (χ2n) is 13.6. The van der Waals surface area contributed by atoms with Crippen LogP contribution in [0.4, 0.5) is 0 Å². The van der Waals surface area contributed by atoms with E-state index in [0.29, 0.717) is 0 Å². The molecule has 0 amide bonds. The first kappa shape index (κ1) is 27.2. The van der Waals surface area contributed by atoms with Gasteiger partial charge < -0.3 is 4.42 Å². The van der Waals surface area contributed by atoms with E-state index in [1.165, 1.54) is 82.6 Å². The Labute approximate surface area is 279 Å². The third-order valence-electron chi connectivity index (χ3n) is 10.6. The van der Waals surface area contributed by atoms with Crippen LogP contribution in [0.2, 0.25) is 0 Å². The van der Waals surface area contributed by atoms with Crippen LogP contribution in [-0.4, -0.2) is 0 Å². The Morgan fingerprint density at radius 2 is 0.896 bits per heavy atom. The molecule has 0 saturated carbocycles. The average molecular weight is 613 g/mol. The Morgan fingerprint density at radius 3 is 1.58 bits per heavy atom. The van der Waals surface area contributed by atoms with Crippen LogP contribution in [0.15, 0.2) is 162 Å². The van der Waals surface area contributed by atoms with E-state index >= 15 is 0 Å². The predicted octanol–water partition coefficient (Wildman–Crippen LogP) is 13.2. The SMILES string of the molecule is CC1(C)c2ccccc2-c2c1cc1c(oc3ccccc31)c2-c1cccc(-c2c3ccccc3c(-c3ccccc3)c3ccccc23)c1. The lowest BCUT2D eigenvalue weighted by molar-refractivity contribution is 0.658. The number of benzene rings is 8. The summed E-state index contributed by atoms with van der Waals surface area (Å²) in [6, 6.07) is 57.5. The van der Waals surface area contributed by atoms with E-state index in [-0.39, 0.29) is 5.41 Å². The van der Waals surface area contributed by atoms with Crippen LogP contribution in [0.25, 0.3) is 88.0 Å². The van der Waals surface area contributed by atoms with Gasteiger partial charge in [-0.3, -0.25) is 0 Å². The number of fused-ring (bicyclic) bond motifs is 8. The molecule has 9 aromatic rings. The minimum Gasteiger partial charge on any atom is -0.455 e. The van der Waals surface area contributed by atoms with Crippen molar-refractivity contribution >= 4 is 43.5 Å². The van der Waals surface area contributed by atoms with Gasteiger partial charge in [-0.1, -0.05) is 153 Å². The van der Waals surface area contributed by atoms with Crippen LogP contribution in [0.1, 0.15) is 25.0 Å². The molecule has 1 aromatic heterocycles. The van der Waals surface area contributed by atoms with Gasteiger partial charge in [0.05, 0.1) is 0 Å². The molecule has 0 aliphatic heterocycles. The van der Waals surface area contributed by atoms with Gasteiger partial charge in [0.25, 0.3) is 0 Å². The van der Waals surface area contributed by atoms with Crippen molar-refractivity contribution in [3.8, 4) is 44.5 Å². The Balaban J connectivity index is 1.31. The van der Waals surface area contributed by atoms with Crippen molar-refractivity contribution in [3.63, 3.8) is 0 Å². The lowest BCUT2D eigenvalue weighted by Crippen LogP contribution is -2.14. The molecule has 1 aliphatic carbocycles. The standard InChI is InChI=1S/C47H32O/c1-47(2)39-25-12-10-24-37(39)45-40(47)28-38-32-19-11-13-26-41(32)48-46(38)44(45)31-18-14-17-30(27-31)43-35-22-8-6-20-33(35)42(29-15-4-3-5-16-29)34-21-7-9-23-36(34)43/h3-28H,1-2H3. The molecule has 1 heteroatoms. The highest BCUT2D eigenvalue weighted by atomic mass is 16.3. The maximum absolute atomic E-state index is 6.80. The van der Waals surface area contributed by atoms with Gasteiger partial charge in [-0.2, -0.15) is 0 Å². The number of furan rings is 1. The Bertz CT molecular complexity index is 2690. The molecule has 0 spiro atoms. The molecule has 10 rings (SSSR count). The second-order valence-corrected chi connectivity index (χ2v) is 13.6. The summed E-state index contributed by atoms with van der Waals surface area (Å²) in [7, 11) is 0. The molecule has 0 unspecified atom stereocenters. The largest absolute Gasteiger partial charge is 0.455 e. The summed E-state index contributed by atoms with van der Waals surface area (Å²) in [6.07, 6.45) is 0. The maximum atomic E-state index is 6.80. The van der Waals surface area contributed by atoms with Crippen molar-refractivity contribution < 1.29 is 4.42 Å². The molecule has 0 radical (unpaired) electrons. The summed E-state index contributed by atoms with van der Waals surface area (Å²) in [5, 5.41) is 7.37. The van der Waals surface area contributed by atoms with Gasteiger partial charge in [-0.25, -0.2) is 0 Å². The summed E-state index contributed by atoms with van der Waals surface area (Å²) >= 11 is 0. The van der Waals surface area contributed by atoms with Crippen LogP contribution >= 0.6 is 0 Å². The van der Waals surface area contributed by atoms with E-state index in [2.05, 4.69) is 172 Å². The first-order chi connectivity index (χ1) is 23.6. The molecule has 1 nitrogen and oxygen atoms in total. The van der Waals surface area contributed by atoms with Crippen molar-refractivity contribution in [1.82, 2.24) is 0 Å². The Kier molecular flexibility index (Phi) is 5.69. The smallest absolute Gasteiger partial charge is 0.143 e. The van der Waals surface area contributed by atoms with Crippen LogP contribution in [-0.2, 0) is 5.41 Å². The molecular weight excluding hydrogens is 581 g/mol. The monoisotopic (exact) mass is 612 g/mol. The molecule has 8 aromatic carbocycles. The minimum atomic E-state index is -0.134. The van der Waals surface area contributed by atoms with Crippen molar-refractivity contribution in [3.05, 3.63) is 169 Å². The predicted molar refractivity (Wildman–Crippen MR) is 203 cm³/mol. The van der Waals surface area contributed by atoms with Crippen LogP contribution in [0, 0.1) is 0 Å². The molecule has 0 N–H and O–H groups in total. The maximum Gasteiger partial charge on any atom is 0.143 e. The number of hydrogen-bond donors (Lipinski definition) is 0. The fourth-order valence-electron chi connectivity index (χ4n) is 8.48. The van der Waals surface area contributed by atoms with E-state index in [0.717, 1.165) is 16.6 Å². The van der Waals surface area contributed by atoms with E-state index in [1.807, 2.05) is 0 Å². The molecule has 0 fully saturated rings. The minimum absolute atomic E-state index is 0.134. The summed E-state index contributed by atoms with van der Waals surface area (Å²) < 4.78 is 6.80. The normalized spacial score (nSPS) is 13.4. The van der Waals surface area contributed by atoms with Crippen LogP contribution in [0.5, 0.6) is 0 Å². The highest BCUT2D eigenvalue weighted by Gasteiger charge is 2.38. The van der Waals surface area contributed by atoms with E-state index in [9.17, 15) is 0 Å². The third kappa shape index (κ3) is 3.73. The number of rotatable bonds is 3. The van der Waals surface area contributed by atoms with E-state index < -0.39 is 0 Å². The van der Waals surface area contributed by atoms with Crippen molar-refractivity contribution in [2.75, 3.05) is 0 Å². The molecule has 48 heavy (non-hydrogen) atoms. The fourth-order valence-corrected chi connectivity index (χ4v) is 8.48. The highest BCUT2D eigenvalue weighted by molar-refractivity contribution is 6.22. The molecule has 226 valence electrons. The lowest BCUT2D eigenvalue weighted by atomic mass is 9.81. The third-order valence-corrected chi connectivity index (χ3v) is 10.6. The van der Waals surface area contributed by atoms with Crippen LogP contribution in [0.3, 0.4) is 0 Å². The number of para-hydroxylation sites is 1. The van der Waals surface area contributed by atoms with Gasteiger partial charge in [-0.15, -0.1) is 0 Å². The molecule has 0 saturated heterocycles. The van der Waals surface area contributed by atoms with E-state index in [4.69, 9.17) is 4.42 Å². The summed E-state index contributed by atoms with van der Waals surface area (Å²) in [4.78, 5) is 0. The van der Waals surface area contributed by atoms with Crippen LogP contribution < -0.4 is 0 Å². The Hall–Kier alpha value is -5.92. The summed E-state index contributed by atoms with van der Waals surface area (Å²) in [6.45, 7) is 4.72. The van der Waals surface area contributed by atoms with Gasteiger partial charge in [0, 0.05) is 21.8 Å². The topological polar surface area (TPSA) is 13.1 Å². The van der Waals surface area contributed by atoms with Gasteiger partial charge in [-0.05, 0) is 89.8 Å². The zero-order valence-electron chi connectivity index (χ0n) is 26.9. The number of hydrogen-bond acceptors (Lipinski definition) is 1. The first-order valence-electron chi connectivity index (χ1n) is 16.8. The fraction of sp³-hybridized carbons (Fsp3) is 0.0638. The zero-order chi connectivity index (χ0) is 32.0. The second kappa shape index (κ2) is 10.0. The molecule has 1 aliphatic rings. The zero-order valence-corrected chi connectivity index (χ0v) is 26.9. The van der Waals surface area contributed by atoms with Gasteiger partial charge in [0.2, 0.25) is 0 Å². The summed E-state index contributed by atoms with van der Waals surface area (Å²) in [5.74, 6) is 0. The Morgan fingerprint density at radius 1 is 0.375 bits per heavy atom. The summed E-state index contributed by atoms with van der Waals surface area (Å²) in [5.41, 5.74) is 14.4. The highest BCUT2D eigenvalue weighted by Crippen LogP contribution is 2.55. The first-order valence-corrected chi connectivity index (χ1v) is 16.8. The van der Waals surface area contributed by atoms with Crippen molar-refractivity contribution in [1.29, 1.82) is 0 Å². The molecular formula is C47H32O. The lowest BCUT2D eigenvalue weighted by Gasteiger charge is -2.22. The average Bonchev–Trinajstić information content (AvgIpc) is 3.62.